The lowest BCUT2D eigenvalue weighted by molar-refractivity contribution is -0.140. The minimum absolute atomic E-state index is 0.0111. The monoisotopic (exact) mass is 445 g/mol. The van der Waals surface area contributed by atoms with Crippen molar-refractivity contribution in [1.29, 1.82) is 0 Å². The van der Waals surface area contributed by atoms with E-state index in [-0.39, 0.29) is 11.3 Å². The van der Waals surface area contributed by atoms with Crippen LogP contribution < -0.4 is 9.47 Å². The Labute approximate surface area is 185 Å². The number of ether oxygens (including phenoxy) is 3. The van der Waals surface area contributed by atoms with Gasteiger partial charge >= 0.3 is 0 Å². The molecule has 0 radical (unpaired) electrons. The third-order valence-electron chi connectivity index (χ3n) is 5.14. The van der Waals surface area contributed by atoms with Crippen LogP contribution in [0.25, 0.3) is 5.76 Å². The summed E-state index contributed by atoms with van der Waals surface area (Å²) >= 11 is 6.08. The summed E-state index contributed by atoms with van der Waals surface area (Å²) in [5.74, 6) is -0.712. The number of halogens is 1. The van der Waals surface area contributed by atoms with E-state index in [4.69, 9.17) is 25.8 Å². The summed E-state index contributed by atoms with van der Waals surface area (Å²) in [5, 5.41) is 11.4. The fourth-order valence-corrected chi connectivity index (χ4v) is 3.78. The molecule has 31 heavy (non-hydrogen) atoms. The van der Waals surface area contributed by atoms with Crippen LogP contribution in [0.3, 0.4) is 0 Å². The van der Waals surface area contributed by atoms with Crippen molar-refractivity contribution in [3.05, 3.63) is 64.2 Å². The van der Waals surface area contributed by atoms with Crippen molar-refractivity contribution in [3.63, 3.8) is 0 Å². The molecule has 1 fully saturated rings. The van der Waals surface area contributed by atoms with E-state index in [0.29, 0.717) is 47.2 Å². The molecule has 2 aromatic carbocycles. The average Bonchev–Trinajstić information content (AvgIpc) is 3.04. The molecule has 0 aliphatic carbocycles. The van der Waals surface area contributed by atoms with Crippen LogP contribution in [-0.2, 0) is 14.3 Å². The Morgan fingerprint density at radius 2 is 1.77 bits per heavy atom. The largest absolute Gasteiger partial charge is 0.507 e. The van der Waals surface area contributed by atoms with E-state index in [2.05, 4.69) is 0 Å². The molecular formula is C23H24ClNO6. The molecule has 1 aliphatic rings. The minimum atomic E-state index is -0.746. The minimum Gasteiger partial charge on any atom is -0.507 e. The molecule has 8 heteroatoms. The molecule has 1 aliphatic heterocycles. The Morgan fingerprint density at radius 3 is 2.39 bits per heavy atom. The maximum Gasteiger partial charge on any atom is 0.295 e. The highest BCUT2D eigenvalue weighted by Gasteiger charge is 2.45. The number of aliphatic hydroxyl groups is 1. The second-order valence-electron chi connectivity index (χ2n) is 6.96. The number of carbonyl (C=O) groups excluding carboxylic acids is 2. The number of nitrogens with zero attached hydrogens (tertiary/aromatic N) is 1. The lowest BCUT2D eigenvalue weighted by Gasteiger charge is -2.25. The molecule has 1 N–H and O–H groups in total. The highest BCUT2D eigenvalue weighted by Crippen LogP contribution is 2.40. The predicted molar refractivity (Wildman–Crippen MR) is 117 cm³/mol. The van der Waals surface area contributed by atoms with Crippen LogP contribution in [-0.4, -0.2) is 56.2 Å². The highest BCUT2D eigenvalue weighted by molar-refractivity contribution is 6.46. The van der Waals surface area contributed by atoms with E-state index in [0.717, 1.165) is 0 Å². The molecule has 1 amide bonds. The number of ketones is 1. The Hall–Kier alpha value is -3.03. The quantitative estimate of drug-likeness (QED) is 0.288. The van der Waals surface area contributed by atoms with Gasteiger partial charge in [0.2, 0.25) is 0 Å². The smallest absolute Gasteiger partial charge is 0.295 e. The Balaban J connectivity index is 2.13. The molecule has 0 aromatic heterocycles. The fraction of sp³-hybridized carbons (Fsp3) is 0.304. The Kier molecular flexibility index (Phi) is 7.20. The number of benzene rings is 2. The van der Waals surface area contributed by atoms with Crippen LogP contribution in [0.15, 0.2) is 48.0 Å². The van der Waals surface area contributed by atoms with Crippen molar-refractivity contribution in [2.75, 3.05) is 34.5 Å². The first-order valence-electron chi connectivity index (χ1n) is 9.68. The molecule has 0 saturated carbocycles. The summed E-state index contributed by atoms with van der Waals surface area (Å²) in [6, 6.07) is 11.0. The zero-order chi connectivity index (χ0) is 22.5. The molecular weight excluding hydrogens is 422 g/mol. The summed E-state index contributed by atoms with van der Waals surface area (Å²) in [6.07, 6.45) is 0.547. The molecule has 164 valence electrons. The number of hydrogen-bond donors (Lipinski definition) is 1. The van der Waals surface area contributed by atoms with Crippen molar-refractivity contribution in [1.82, 2.24) is 4.90 Å². The van der Waals surface area contributed by atoms with E-state index in [1.807, 2.05) is 0 Å². The van der Waals surface area contributed by atoms with Crippen molar-refractivity contribution >= 4 is 29.1 Å². The van der Waals surface area contributed by atoms with Gasteiger partial charge in [-0.2, -0.15) is 0 Å². The third kappa shape index (κ3) is 4.52. The third-order valence-corrected chi connectivity index (χ3v) is 5.46. The van der Waals surface area contributed by atoms with Crippen molar-refractivity contribution in [3.8, 4) is 11.5 Å². The van der Waals surface area contributed by atoms with E-state index in [1.54, 1.807) is 50.6 Å². The first-order valence-corrected chi connectivity index (χ1v) is 10.1. The van der Waals surface area contributed by atoms with Gasteiger partial charge in [0.05, 0.1) is 30.9 Å². The van der Waals surface area contributed by atoms with Gasteiger partial charge in [0.15, 0.2) is 0 Å². The summed E-state index contributed by atoms with van der Waals surface area (Å²) in [5.41, 5.74) is 1.02. The second kappa shape index (κ2) is 9.85. The van der Waals surface area contributed by atoms with E-state index >= 15 is 0 Å². The standard InChI is InChI=1S/C23H24ClNO6/c1-29-12-4-11-25-20(14-5-8-16(30-2)9-6-14)19(22(27)23(25)28)21(26)15-7-10-17(24)18(13-15)31-3/h5-10,13,20,26H,4,11-12H2,1-3H3/b21-19-. The number of carbonyl (C=O) groups is 2. The van der Waals surface area contributed by atoms with E-state index in [9.17, 15) is 14.7 Å². The van der Waals surface area contributed by atoms with Crippen molar-refractivity contribution < 1.29 is 28.9 Å². The summed E-state index contributed by atoms with van der Waals surface area (Å²) in [7, 11) is 4.58. The van der Waals surface area contributed by atoms with Crippen LogP contribution in [0.4, 0.5) is 0 Å². The normalized spacial score (nSPS) is 17.8. The molecule has 3 rings (SSSR count). The SMILES string of the molecule is COCCCN1C(=O)C(=O)/C(=C(\O)c2ccc(Cl)c(OC)c2)C1c1ccc(OC)cc1. The number of likely N-dealkylation sites (tertiary alicyclic amines) is 1. The molecule has 1 saturated heterocycles. The van der Waals surface area contributed by atoms with Crippen LogP contribution in [0.5, 0.6) is 11.5 Å². The first-order chi connectivity index (χ1) is 14.9. The van der Waals surface area contributed by atoms with Gasteiger partial charge < -0.3 is 24.2 Å². The van der Waals surface area contributed by atoms with Gasteiger partial charge in [-0.25, -0.2) is 0 Å². The Morgan fingerprint density at radius 1 is 1.06 bits per heavy atom. The number of aliphatic hydroxyl groups excluding tert-OH is 1. The van der Waals surface area contributed by atoms with Crippen LogP contribution >= 0.6 is 11.6 Å². The number of hydrogen-bond acceptors (Lipinski definition) is 6. The number of methoxy groups -OCH3 is 3. The number of Topliss-reactive ketones (excluding diaryl/α,β-unsaturated/α-hetero) is 1. The summed E-state index contributed by atoms with van der Waals surface area (Å²) in [6.45, 7) is 0.739. The maximum absolute atomic E-state index is 13.0. The van der Waals surface area contributed by atoms with Crippen molar-refractivity contribution in [2.45, 2.75) is 12.5 Å². The summed E-state index contributed by atoms with van der Waals surface area (Å²) in [4.78, 5) is 27.3. The molecule has 0 bridgehead atoms. The number of amides is 1. The molecule has 2 aromatic rings. The fourth-order valence-electron chi connectivity index (χ4n) is 3.59. The van der Waals surface area contributed by atoms with Crippen LogP contribution in [0, 0.1) is 0 Å². The maximum atomic E-state index is 13.0. The Bertz CT molecular complexity index is 1000. The van der Waals surface area contributed by atoms with Crippen LogP contribution in [0.1, 0.15) is 23.6 Å². The zero-order valence-electron chi connectivity index (χ0n) is 17.6. The van der Waals surface area contributed by atoms with Gasteiger partial charge in [-0.15, -0.1) is 0 Å². The first kappa shape index (κ1) is 22.7. The van der Waals surface area contributed by atoms with Gasteiger partial charge in [0.25, 0.3) is 11.7 Å². The summed E-state index contributed by atoms with van der Waals surface area (Å²) < 4.78 is 15.5. The molecule has 1 unspecified atom stereocenters. The topological polar surface area (TPSA) is 85.3 Å². The molecule has 1 atom stereocenters. The van der Waals surface area contributed by atoms with Gasteiger partial charge in [-0.3, -0.25) is 9.59 Å². The van der Waals surface area contributed by atoms with Gasteiger partial charge in [0.1, 0.15) is 17.3 Å². The second-order valence-corrected chi connectivity index (χ2v) is 7.37. The van der Waals surface area contributed by atoms with Crippen molar-refractivity contribution in [2.24, 2.45) is 0 Å². The van der Waals surface area contributed by atoms with E-state index in [1.165, 1.54) is 18.1 Å². The van der Waals surface area contributed by atoms with Crippen LogP contribution in [0.2, 0.25) is 5.02 Å². The lowest BCUT2D eigenvalue weighted by atomic mass is 9.95. The van der Waals surface area contributed by atoms with Gasteiger partial charge in [-0.05, 0) is 42.3 Å². The van der Waals surface area contributed by atoms with Gasteiger partial charge in [0, 0.05) is 25.8 Å². The number of rotatable bonds is 8. The molecule has 1 heterocycles. The highest BCUT2D eigenvalue weighted by atomic mass is 35.5. The lowest BCUT2D eigenvalue weighted by Crippen LogP contribution is -2.31. The zero-order valence-corrected chi connectivity index (χ0v) is 18.3. The molecule has 0 spiro atoms. The molecule has 7 nitrogen and oxygen atoms in total. The predicted octanol–water partition coefficient (Wildman–Crippen LogP) is 3.82. The van der Waals surface area contributed by atoms with Gasteiger partial charge in [-0.1, -0.05) is 23.7 Å². The average molecular weight is 446 g/mol. The van der Waals surface area contributed by atoms with E-state index < -0.39 is 17.7 Å².